The largest absolute Gasteiger partial charge is 0.392 e. The van der Waals surface area contributed by atoms with Crippen molar-refractivity contribution in [1.29, 1.82) is 0 Å². The molecule has 2 aliphatic heterocycles. The standard InChI is InChI=1S/C17H20F2N4O/c18-11-4-5-14(19)13(7-11)15-8-12(24)9-22(15)10-17-21-20-16-3-1-2-6-23(16)17/h4-5,7,12,15,24H,1-3,6,8-10H2. The van der Waals surface area contributed by atoms with Crippen LogP contribution in [0.3, 0.4) is 0 Å². The lowest BCUT2D eigenvalue weighted by molar-refractivity contribution is 0.170. The lowest BCUT2D eigenvalue weighted by atomic mass is 10.0. The Morgan fingerprint density at radius 2 is 2.08 bits per heavy atom. The van der Waals surface area contributed by atoms with E-state index in [4.69, 9.17) is 0 Å². The number of halogens is 2. The SMILES string of the molecule is OC1CC(c2cc(F)ccc2F)N(Cc2nnc3n2CCCC3)C1. The van der Waals surface area contributed by atoms with Gasteiger partial charge in [-0.2, -0.15) is 0 Å². The van der Waals surface area contributed by atoms with Crippen LogP contribution in [0, 0.1) is 11.6 Å². The van der Waals surface area contributed by atoms with Crippen LogP contribution in [-0.4, -0.2) is 37.4 Å². The number of aliphatic hydroxyl groups excluding tert-OH is 1. The highest BCUT2D eigenvalue weighted by Gasteiger charge is 2.35. The summed E-state index contributed by atoms with van der Waals surface area (Å²) >= 11 is 0. The molecule has 0 amide bonds. The van der Waals surface area contributed by atoms with Crippen LogP contribution in [0.15, 0.2) is 18.2 Å². The summed E-state index contributed by atoms with van der Waals surface area (Å²) in [4.78, 5) is 1.97. The van der Waals surface area contributed by atoms with E-state index < -0.39 is 17.7 Å². The number of aliphatic hydroxyl groups is 1. The van der Waals surface area contributed by atoms with Crippen molar-refractivity contribution in [1.82, 2.24) is 19.7 Å². The van der Waals surface area contributed by atoms with Crippen molar-refractivity contribution >= 4 is 0 Å². The fourth-order valence-corrected chi connectivity index (χ4v) is 3.81. The molecule has 0 bridgehead atoms. The molecule has 128 valence electrons. The molecule has 1 aromatic carbocycles. The predicted molar refractivity (Wildman–Crippen MR) is 83.1 cm³/mol. The number of likely N-dealkylation sites (tertiary alicyclic amines) is 1. The van der Waals surface area contributed by atoms with Gasteiger partial charge in [0.15, 0.2) is 0 Å². The normalized spacial score (nSPS) is 24.3. The van der Waals surface area contributed by atoms with Crippen LogP contribution < -0.4 is 0 Å². The van der Waals surface area contributed by atoms with Crippen molar-refractivity contribution in [3.63, 3.8) is 0 Å². The molecule has 7 heteroatoms. The zero-order valence-electron chi connectivity index (χ0n) is 13.3. The van der Waals surface area contributed by atoms with Gasteiger partial charge in [0.05, 0.1) is 12.6 Å². The molecule has 0 spiro atoms. The van der Waals surface area contributed by atoms with E-state index in [1.165, 1.54) is 6.07 Å². The molecule has 2 atom stereocenters. The number of aryl methyl sites for hydroxylation is 1. The minimum atomic E-state index is -0.554. The summed E-state index contributed by atoms with van der Waals surface area (Å²) in [5, 5.41) is 18.6. The third-order valence-electron chi connectivity index (χ3n) is 4.98. The van der Waals surface area contributed by atoms with Gasteiger partial charge in [-0.05, 0) is 37.5 Å². The van der Waals surface area contributed by atoms with E-state index in [-0.39, 0.29) is 6.04 Å². The van der Waals surface area contributed by atoms with Crippen LogP contribution in [0.5, 0.6) is 0 Å². The molecule has 2 aliphatic rings. The first-order valence-corrected chi connectivity index (χ1v) is 8.40. The summed E-state index contributed by atoms with van der Waals surface area (Å²) in [6.45, 7) is 1.79. The average Bonchev–Trinajstić information content (AvgIpc) is 3.14. The number of nitrogens with zero attached hydrogens (tertiary/aromatic N) is 4. The minimum Gasteiger partial charge on any atom is -0.392 e. The first kappa shape index (κ1) is 15.7. The van der Waals surface area contributed by atoms with E-state index >= 15 is 0 Å². The second-order valence-electron chi connectivity index (χ2n) is 6.64. The first-order chi connectivity index (χ1) is 11.6. The lowest BCUT2D eigenvalue weighted by Gasteiger charge is -2.25. The number of hydrogen-bond acceptors (Lipinski definition) is 4. The number of aromatic nitrogens is 3. The van der Waals surface area contributed by atoms with Gasteiger partial charge in [-0.3, -0.25) is 4.90 Å². The van der Waals surface area contributed by atoms with E-state index in [0.717, 1.165) is 49.6 Å². The molecule has 2 aromatic rings. The zero-order valence-corrected chi connectivity index (χ0v) is 13.3. The predicted octanol–water partition coefficient (Wildman–Crippen LogP) is 2.20. The van der Waals surface area contributed by atoms with E-state index in [1.807, 2.05) is 4.90 Å². The Kier molecular flexibility index (Phi) is 4.05. The molecule has 1 fully saturated rings. The highest BCUT2D eigenvalue weighted by Crippen LogP contribution is 2.35. The summed E-state index contributed by atoms with van der Waals surface area (Å²) in [6.07, 6.45) is 2.99. The molecule has 1 aromatic heterocycles. The van der Waals surface area contributed by atoms with E-state index in [9.17, 15) is 13.9 Å². The van der Waals surface area contributed by atoms with Gasteiger partial charge in [-0.15, -0.1) is 10.2 Å². The van der Waals surface area contributed by atoms with Crippen LogP contribution in [-0.2, 0) is 19.5 Å². The second-order valence-corrected chi connectivity index (χ2v) is 6.64. The zero-order chi connectivity index (χ0) is 16.7. The average molecular weight is 334 g/mol. The van der Waals surface area contributed by atoms with Crippen molar-refractivity contribution in [2.75, 3.05) is 6.54 Å². The van der Waals surface area contributed by atoms with Crippen LogP contribution in [0.2, 0.25) is 0 Å². The molecule has 24 heavy (non-hydrogen) atoms. The molecule has 5 nitrogen and oxygen atoms in total. The summed E-state index contributed by atoms with van der Waals surface area (Å²) in [7, 11) is 0. The third kappa shape index (κ3) is 2.82. The van der Waals surface area contributed by atoms with Gasteiger partial charge in [0.1, 0.15) is 23.3 Å². The van der Waals surface area contributed by atoms with Crippen molar-refractivity contribution in [2.24, 2.45) is 0 Å². The Morgan fingerprint density at radius 1 is 1.21 bits per heavy atom. The molecule has 0 saturated carbocycles. The molecule has 0 aliphatic carbocycles. The molecule has 0 radical (unpaired) electrons. The maximum atomic E-state index is 14.2. The maximum absolute atomic E-state index is 14.2. The van der Waals surface area contributed by atoms with Crippen LogP contribution in [0.1, 0.15) is 42.5 Å². The second kappa shape index (κ2) is 6.22. The van der Waals surface area contributed by atoms with Gasteiger partial charge in [-0.1, -0.05) is 0 Å². The number of rotatable bonds is 3. The summed E-state index contributed by atoms with van der Waals surface area (Å²) < 4.78 is 29.8. The van der Waals surface area contributed by atoms with Crippen molar-refractivity contribution in [2.45, 2.75) is 50.9 Å². The fourth-order valence-electron chi connectivity index (χ4n) is 3.81. The molecular formula is C17H20F2N4O. The molecule has 1 N–H and O–H groups in total. The Hall–Kier alpha value is -1.86. The van der Waals surface area contributed by atoms with Crippen LogP contribution in [0.25, 0.3) is 0 Å². The Labute approximate surface area is 138 Å². The molecule has 3 heterocycles. The summed E-state index contributed by atoms with van der Waals surface area (Å²) in [6, 6.07) is 3.13. The highest BCUT2D eigenvalue weighted by atomic mass is 19.1. The monoisotopic (exact) mass is 334 g/mol. The summed E-state index contributed by atoms with van der Waals surface area (Å²) in [5.41, 5.74) is 0.296. The third-order valence-corrected chi connectivity index (χ3v) is 4.98. The smallest absolute Gasteiger partial charge is 0.147 e. The summed E-state index contributed by atoms with van der Waals surface area (Å²) in [5.74, 6) is 0.918. The van der Waals surface area contributed by atoms with Crippen LogP contribution >= 0.6 is 0 Å². The lowest BCUT2D eigenvalue weighted by Crippen LogP contribution is -2.27. The Balaban J connectivity index is 1.61. The van der Waals surface area contributed by atoms with Gasteiger partial charge < -0.3 is 9.67 Å². The van der Waals surface area contributed by atoms with Crippen molar-refractivity contribution in [3.05, 3.63) is 47.0 Å². The molecule has 1 saturated heterocycles. The Morgan fingerprint density at radius 3 is 2.96 bits per heavy atom. The van der Waals surface area contributed by atoms with Gasteiger partial charge >= 0.3 is 0 Å². The van der Waals surface area contributed by atoms with Crippen molar-refractivity contribution < 1.29 is 13.9 Å². The Bertz CT molecular complexity index is 748. The van der Waals surface area contributed by atoms with E-state index in [0.29, 0.717) is 25.1 Å². The van der Waals surface area contributed by atoms with E-state index in [2.05, 4.69) is 14.8 Å². The highest BCUT2D eigenvalue weighted by molar-refractivity contribution is 5.24. The molecule has 4 rings (SSSR count). The maximum Gasteiger partial charge on any atom is 0.147 e. The molecule has 2 unspecified atom stereocenters. The van der Waals surface area contributed by atoms with E-state index in [1.54, 1.807) is 0 Å². The minimum absolute atomic E-state index is 0.296. The van der Waals surface area contributed by atoms with Crippen LogP contribution in [0.4, 0.5) is 8.78 Å². The quantitative estimate of drug-likeness (QED) is 0.935. The van der Waals surface area contributed by atoms with Crippen molar-refractivity contribution in [3.8, 4) is 0 Å². The number of β-amino-alcohol motifs (C(OH)–C–C–N with tert-alkyl or cyclic N) is 1. The number of benzene rings is 1. The van der Waals surface area contributed by atoms with Gasteiger partial charge in [0, 0.05) is 31.1 Å². The van der Waals surface area contributed by atoms with Gasteiger partial charge in [0.2, 0.25) is 0 Å². The first-order valence-electron chi connectivity index (χ1n) is 8.40. The molecular weight excluding hydrogens is 314 g/mol. The van der Waals surface area contributed by atoms with Gasteiger partial charge in [-0.25, -0.2) is 8.78 Å². The number of hydrogen-bond donors (Lipinski definition) is 1. The fraction of sp³-hybridized carbons (Fsp3) is 0.529. The topological polar surface area (TPSA) is 54.2 Å². The number of fused-ring (bicyclic) bond motifs is 1. The van der Waals surface area contributed by atoms with Gasteiger partial charge in [0.25, 0.3) is 0 Å².